The molecule has 3 aromatic carbocycles. The lowest BCUT2D eigenvalue weighted by molar-refractivity contribution is 0.211. The van der Waals surface area contributed by atoms with Gasteiger partial charge in [-0.25, -0.2) is 9.50 Å². The monoisotopic (exact) mass is 636 g/mol. The van der Waals surface area contributed by atoms with Gasteiger partial charge in [0.05, 0.1) is 32.7 Å². The van der Waals surface area contributed by atoms with E-state index in [0.717, 1.165) is 60.5 Å². The topological polar surface area (TPSA) is 97.5 Å². The van der Waals surface area contributed by atoms with Crippen LogP contribution in [-0.2, 0) is 13.1 Å². The van der Waals surface area contributed by atoms with Gasteiger partial charge in [0.25, 0.3) is 0 Å². The molecule has 2 aromatic heterocycles. The number of anilines is 1. The van der Waals surface area contributed by atoms with Crippen molar-refractivity contribution in [1.82, 2.24) is 24.5 Å². The first kappa shape index (κ1) is 32.3. The number of aliphatic hydroxyl groups excluding tert-OH is 1. The number of hydrogen-bond donors (Lipinski definition) is 1. The van der Waals surface area contributed by atoms with Crippen LogP contribution in [0.4, 0.5) is 5.82 Å². The van der Waals surface area contributed by atoms with E-state index in [1.54, 1.807) is 24.9 Å². The smallest absolute Gasteiger partial charge is 0.336 e. The molecule has 1 fully saturated rings. The van der Waals surface area contributed by atoms with Crippen molar-refractivity contribution in [3.05, 3.63) is 107 Å². The number of methoxy groups -OCH3 is 2. The van der Waals surface area contributed by atoms with Gasteiger partial charge in [-0.05, 0) is 78.9 Å². The van der Waals surface area contributed by atoms with Crippen LogP contribution in [0, 0.1) is 0 Å². The number of hydrogen-bond acceptors (Lipinski definition) is 9. The molecule has 47 heavy (non-hydrogen) atoms. The quantitative estimate of drug-likeness (QED) is 0.147. The van der Waals surface area contributed by atoms with Gasteiger partial charge in [0.15, 0.2) is 11.5 Å². The highest BCUT2D eigenvalue weighted by atomic mass is 16.5. The summed E-state index contributed by atoms with van der Waals surface area (Å²) in [7, 11) is 5.49. The Kier molecular flexibility index (Phi) is 10.2. The van der Waals surface area contributed by atoms with Crippen LogP contribution in [0.25, 0.3) is 5.65 Å². The molecule has 0 amide bonds. The van der Waals surface area contributed by atoms with Gasteiger partial charge in [0, 0.05) is 19.6 Å². The number of likely N-dealkylation sites (tertiary alicyclic amines) is 1. The first-order chi connectivity index (χ1) is 22.9. The number of aromatic nitrogens is 4. The Morgan fingerprint density at radius 3 is 2.11 bits per heavy atom. The van der Waals surface area contributed by atoms with Gasteiger partial charge in [-0.15, -0.1) is 5.10 Å². The first-order valence-electron chi connectivity index (χ1n) is 16.3. The minimum Gasteiger partial charge on any atom is -0.497 e. The molecule has 0 spiro atoms. The van der Waals surface area contributed by atoms with E-state index in [9.17, 15) is 5.11 Å². The highest BCUT2D eigenvalue weighted by Gasteiger charge is 2.25. The third kappa shape index (κ3) is 7.50. The summed E-state index contributed by atoms with van der Waals surface area (Å²) in [6, 6.07) is 24.5. The van der Waals surface area contributed by atoms with Crippen LogP contribution in [0.5, 0.6) is 17.5 Å². The Morgan fingerprint density at radius 2 is 1.55 bits per heavy atom. The predicted octanol–water partition coefficient (Wildman–Crippen LogP) is 6.03. The van der Waals surface area contributed by atoms with Crippen molar-refractivity contribution < 1.29 is 19.3 Å². The lowest BCUT2D eigenvalue weighted by atomic mass is 9.96. The molecule has 1 N–H and O–H groups in total. The molecule has 0 radical (unpaired) electrons. The number of likely N-dealkylation sites (N-methyl/N-ethyl adjacent to an activating group) is 1. The fourth-order valence-corrected chi connectivity index (χ4v) is 6.07. The third-order valence-corrected chi connectivity index (χ3v) is 8.84. The molecule has 6 rings (SSSR count). The molecule has 1 saturated heterocycles. The Labute approximate surface area is 276 Å². The van der Waals surface area contributed by atoms with Crippen molar-refractivity contribution in [1.29, 1.82) is 0 Å². The Hall–Kier alpha value is -4.67. The molecule has 10 nitrogen and oxygen atoms in total. The van der Waals surface area contributed by atoms with Gasteiger partial charge < -0.3 is 29.1 Å². The normalized spacial score (nSPS) is 15.6. The summed E-state index contributed by atoms with van der Waals surface area (Å²) in [5.74, 6) is 2.71. The van der Waals surface area contributed by atoms with Gasteiger partial charge in [0.1, 0.15) is 17.6 Å². The molecular formula is C37H44N6O4. The molecule has 2 unspecified atom stereocenters. The van der Waals surface area contributed by atoms with E-state index in [0.29, 0.717) is 42.8 Å². The fourth-order valence-electron chi connectivity index (χ4n) is 6.07. The van der Waals surface area contributed by atoms with Crippen molar-refractivity contribution in [3.63, 3.8) is 0 Å². The molecule has 1 aliphatic heterocycles. The standard InChI is InChI=1S/C37H44N6O4/c1-5-6-21-47-37-39-36(42(23-26-7-15-31(45-3)16-8-26)24-27-9-17-32(46-4)18-10-27)35-38-22-33(43(35)40-37)34(44)29-13-11-28(12-14-29)30-19-20-41(2)25-30/h7-18,22,30,34,44H,5-6,19-21,23-25H2,1-4H3. The summed E-state index contributed by atoms with van der Waals surface area (Å²) >= 11 is 0. The molecular weight excluding hydrogens is 592 g/mol. The van der Waals surface area contributed by atoms with Crippen LogP contribution in [0.1, 0.15) is 66.2 Å². The summed E-state index contributed by atoms with van der Waals surface area (Å²) in [4.78, 5) is 14.2. The third-order valence-electron chi connectivity index (χ3n) is 8.84. The van der Waals surface area contributed by atoms with Crippen LogP contribution in [0.2, 0.25) is 0 Å². The number of unbranched alkanes of at least 4 members (excludes halogenated alkanes) is 1. The summed E-state index contributed by atoms with van der Waals surface area (Å²) < 4.78 is 18.6. The lowest BCUT2D eigenvalue weighted by Gasteiger charge is -2.25. The summed E-state index contributed by atoms with van der Waals surface area (Å²) in [6.45, 7) is 5.85. The van der Waals surface area contributed by atoms with Crippen molar-refractivity contribution >= 4 is 11.5 Å². The zero-order chi connectivity index (χ0) is 32.8. The summed E-state index contributed by atoms with van der Waals surface area (Å²) in [5, 5.41) is 16.4. The maximum absolute atomic E-state index is 11.7. The largest absolute Gasteiger partial charge is 0.497 e. The highest BCUT2D eigenvalue weighted by molar-refractivity contribution is 5.65. The minimum atomic E-state index is -0.937. The molecule has 3 heterocycles. The number of imidazole rings is 1. The second-order valence-electron chi connectivity index (χ2n) is 12.2. The zero-order valence-electron chi connectivity index (χ0n) is 27.7. The van der Waals surface area contributed by atoms with Crippen LogP contribution in [0.15, 0.2) is 79.0 Å². The van der Waals surface area contributed by atoms with E-state index in [2.05, 4.69) is 35.9 Å². The lowest BCUT2D eigenvalue weighted by Crippen LogP contribution is -2.25. The second kappa shape index (κ2) is 14.8. The van der Waals surface area contributed by atoms with E-state index in [1.807, 2.05) is 60.7 Å². The van der Waals surface area contributed by atoms with Gasteiger partial charge in [-0.3, -0.25) is 0 Å². The zero-order valence-corrected chi connectivity index (χ0v) is 27.7. The van der Waals surface area contributed by atoms with Crippen LogP contribution in [0.3, 0.4) is 0 Å². The van der Waals surface area contributed by atoms with Gasteiger partial charge in [-0.1, -0.05) is 61.9 Å². The second-order valence-corrected chi connectivity index (χ2v) is 12.2. The van der Waals surface area contributed by atoms with E-state index >= 15 is 0 Å². The molecule has 2 atom stereocenters. The maximum Gasteiger partial charge on any atom is 0.336 e. The van der Waals surface area contributed by atoms with Crippen LogP contribution >= 0.6 is 0 Å². The summed E-state index contributed by atoms with van der Waals surface area (Å²) in [6.07, 6.45) is 3.76. The Balaban J connectivity index is 1.38. The fraction of sp³-hybridized carbons (Fsp3) is 0.378. The molecule has 0 aliphatic carbocycles. The van der Waals surface area contributed by atoms with Crippen molar-refractivity contribution in [2.24, 2.45) is 0 Å². The average Bonchev–Trinajstić information content (AvgIpc) is 3.74. The van der Waals surface area contributed by atoms with E-state index in [4.69, 9.17) is 29.3 Å². The van der Waals surface area contributed by atoms with Gasteiger partial charge >= 0.3 is 6.01 Å². The maximum atomic E-state index is 11.7. The van der Waals surface area contributed by atoms with Crippen molar-refractivity contribution in [2.75, 3.05) is 45.9 Å². The van der Waals surface area contributed by atoms with E-state index in [1.165, 1.54) is 5.56 Å². The molecule has 5 aromatic rings. The summed E-state index contributed by atoms with van der Waals surface area (Å²) in [5.41, 5.74) is 5.31. The van der Waals surface area contributed by atoms with Crippen molar-refractivity contribution in [2.45, 2.75) is 51.3 Å². The molecule has 0 bridgehead atoms. The molecule has 246 valence electrons. The van der Waals surface area contributed by atoms with Crippen LogP contribution in [-0.4, -0.2) is 70.6 Å². The number of benzene rings is 3. The van der Waals surface area contributed by atoms with Gasteiger partial charge in [-0.2, -0.15) is 4.98 Å². The average molecular weight is 637 g/mol. The first-order valence-corrected chi connectivity index (χ1v) is 16.3. The minimum absolute atomic E-state index is 0.238. The van der Waals surface area contributed by atoms with E-state index < -0.39 is 6.10 Å². The number of ether oxygens (including phenoxy) is 3. The molecule has 0 saturated carbocycles. The number of aliphatic hydroxyl groups is 1. The number of rotatable bonds is 14. The van der Waals surface area contributed by atoms with Gasteiger partial charge in [0.2, 0.25) is 0 Å². The number of fused-ring (bicyclic) bond motifs is 1. The molecule has 1 aliphatic rings. The van der Waals surface area contributed by atoms with Crippen molar-refractivity contribution in [3.8, 4) is 17.5 Å². The van der Waals surface area contributed by atoms with E-state index in [-0.39, 0.29) is 6.01 Å². The molecule has 10 heteroatoms. The Bertz CT molecular complexity index is 1690. The highest BCUT2D eigenvalue weighted by Crippen LogP contribution is 2.32. The predicted molar refractivity (Wildman–Crippen MR) is 182 cm³/mol. The van der Waals surface area contributed by atoms with Crippen LogP contribution < -0.4 is 19.1 Å². The Morgan fingerprint density at radius 1 is 0.915 bits per heavy atom. The SMILES string of the molecule is CCCCOc1nc(N(Cc2ccc(OC)cc2)Cc2ccc(OC)cc2)c2ncc(C(O)c3ccc(C4CCN(C)C4)cc3)n2n1. The number of nitrogens with zero attached hydrogens (tertiary/aromatic N) is 6.